The Labute approximate surface area is 133 Å². The summed E-state index contributed by atoms with van der Waals surface area (Å²) in [5, 5.41) is 8.93. The lowest BCUT2D eigenvalue weighted by Crippen LogP contribution is -2.33. The maximum atomic E-state index is 12.5. The zero-order chi connectivity index (χ0) is 16.0. The number of anilines is 1. The molecule has 2 fully saturated rings. The standard InChI is InChI=1S/C16H18N2O5/c19-14-6-16(3-4-17(8-16)7-15(20)21)9-18(14)11-1-2-12-13(5-11)23-10-22-12/h1-2,5H,3-4,6-10H2,(H,20,21)/t16-/m0/s1. The van der Waals surface area contributed by atoms with Crippen LogP contribution in [0.5, 0.6) is 11.5 Å². The third kappa shape index (κ3) is 2.50. The molecule has 0 radical (unpaired) electrons. The summed E-state index contributed by atoms with van der Waals surface area (Å²) in [6, 6.07) is 5.53. The molecule has 2 saturated heterocycles. The predicted molar refractivity (Wildman–Crippen MR) is 80.7 cm³/mol. The van der Waals surface area contributed by atoms with Gasteiger partial charge in [-0.3, -0.25) is 14.5 Å². The Morgan fingerprint density at radius 2 is 2.09 bits per heavy atom. The largest absolute Gasteiger partial charge is 0.480 e. The van der Waals surface area contributed by atoms with Gasteiger partial charge in [0.15, 0.2) is 11.5 Å². The lowest BCUT2D eigenvalue weighted by Gasteiger charge is -2.24. The molecule has 1 aromatic rings. The molecule has 1 amide bonds. The molecule has 0 aromatic heterocycles. The third-order valence-electron chi connectivity index (χ3n) is 4.86. The maximum Gasteiger partial charge on any atom is 0.317 e. The average Bonchev–Trinajstić information content (AvgIpc) is 3.17. The minimum absolute atomic E-state index is 0.0416. The molecule has 1 aromatic carbocycles. The summed E-state index contributed by atoms with van der Waals surface area (Å²) in [6.45, 7) is 2.27. The topological polar surface area (TPSA) is 79.3 Å². The summed E-state index contributed by atoms with van der Waals surface area (Å²) in [4.78, 5) is 27.1. The van der Waals surface area contributed by atoms with Crippen molar-refractivity contribution in [2.45, 2.75) is 12.8 Å². The Hall–Kier alpha value is -2.28. The highest BCUT2D eigenvalue weighted by atomic mass is 16.7. The number of ether oxygens (including phenoxy) is 2. The molecule has 7 heteroatoms. The fraction of sp³-hybridized carbons (Fsp3) is 0.500. The van der Waals surface area contributed by atoms with Crippen molar-refractivity contribution >= 4 is 17.6 Å². The van der Waals surface area contributed by atoms with Gasteiger partial charge in [0.05, 0.1) is 6.54 Å². The van der Waals surface area contributed by atoms with Gasteiger partial charge in [0, 0.05) is 36.7 Å². The number of likely N-dealkylation sites (tertiary alicyclic amines) is 1. The van der Waals surface area contributed by atoms with Crippen molar-refractivity contribution in [3.63, 3.8) is 0 Å². The summed E-state index contributed by atoms with van der Waals surface area (Å²) < 4.78 is 10.7. The van der Waals surface area contributed by atoms with Crippen LogP contribution in [0.3, 0.4) is 0 Å². The molecule has 3 heterocycles. The smallest absolute Gasteiger partial charge is 0.317 e. The van der Waals surface area contributed by atoms with Gasteiger partial charge < -0.3 is 19.5 Å². The third-order valence-corrected chi connectivity index (χ3v) is 4.86. The normalized spacial score (nSPS) is 26.4. The van der Waals surface area contributed by atoms with Gasteiger partial charge >= 0.3 is 5.97 Å². The van der Waals surface area contributed by atoms with Gasteiger partial charge in [-0.1, -0.05) is 0 Å². The van der Waals surface area contributed by atoms with Crippen LogP contribution in [0.2, 0.25) is 0 Å². The van der Waals surface area contributed by atoms with Crippen LogP contribution < -0.4 is 14.4 Å². The van der Waals surface area contributed by atoms with E-state index in [1.165, 1.54) is 0 Å². The lowest BCUT2D eigenvalue weighted by molar-refractivity contribution is -0.138. The molecule has 1 spiro atoms. The Bertz CT molecular complexity index is 676. The minimum atomic E-state index is -0.820. The summed E-state index contributed by atoms with van der Waals surface area (Å²) in [5.41, 5.74) is 0.677. The van der Waals surface area contributed by atoms with Crippen molar-refractivity contribution in [2.24, 2.45) is 5.41 Å². The number of hydrogen-bond acceptors (Lipinski definition) is 5. The number of carbonyl (C=O) groups excluding carboxylic acids is 1. The van der Waals surface area contributed by atoms with Crippen LogP contribution in [-0.2, 0) is 9.59 Å². The second kappa shape index (κ2) is 5.13. The zero-order valence-electron chi connectivity index (χ0n) is 12.7. The molecule has 0 aliphatic carbocycles. The second-order valence-electron chi connectivity index (χ2n) is 6.55. The number of carboxylic acids is 1. The first kappa shape index (κ1) is 14.3. The van der Waals surface area contributed by atoms with Crippen LogP contribution in [0.15, 0.2) is 18.2 Å². The number of nitrogens with zero attached hydrogens (tertiary/aromatic N) is 2. The van der Waals surface area contributed by atoms with Crippen LogP contribution in [0, 0.1) is 5.41 Å². The number of rotatable bonds is 3. The van der Waals surface area contributed by atoms with Crippen molar-refractivity contribution in [2.75, 3.05) is 37.9 Å². The molecule has 0 unspecified atom stereocenters. The van der Waals surface area contributed by atoms with Gasteiger partial charge in [-0.25, -0.2) is 0 Å². The number of carbonyl (C=O) groups is 2. The Morgan fingerprint density at radius 3 is 2.91 bits per heavy atom. The Balaban J connectivity index is 1.52. The number of carboxylic acid groups (broad SMARTS) is 1. The van der Waals surface area contributed by atoms with Gasteiger partial charge in [0.25, 0.3) is 0 Å². The molecule has 0 saturated carbocycles. The summed E-state index contributed by atoms with van der Waals surface area (Å²) >= 11 is 0. The molecule has 1 N–H and O–H groups in total. The molecule has 1 atom stereocenters. The van der Waals surface area contributed by atoms with Crippen molar-refractivity contribution in [1.29, 1.82) is 0 Å². The summed E-state index contributed by atoms with van der Waals surface area (Å²) in [7, 11) is 0. The van der Waals surface area contributed by atoms with Crippen LogP contribution >= 0.6 is 0 Å². The highest BCUT2D eigenvalue weighted by Gasteiger charge is 2.48. The first-order valence-electron chi connectivity index (χ1n) is 7.69. The van der Waals surface area contributed by atoms with Crippen molar-refractivity contribution in [3.05, 3.63) is 18.2 Å². The van der Waals surface area contributed by atoms with E-state index in [4.69, 9.17) is 14.6 Å². The van der Waals surface area contributed by atoms with E-state index in [0.29, 0.717) is 31.0 Å². The van der Waals surface area contributed by atoms with E-state index in [1.807, 2.05) is 23.1 Å². The molecule has 23 heavy (non-hydrogen) atoms. The highest BCUT2D eigenvalue weighted by molar-refractivity contribution is 5.96. The zero-order valence-corrected chi connectivity index (χ0v) is 12.7. The first-order valence-corrected chi connectivity index (χ1v) is 7.69. The molecule has 3 aliphatic rings. The van der Waals surface area contributed by atoms with E-state index in [2.05, 4.69) is 0 Å². The molecule has 4 rings (SSSR count). The minimum Gasteiger partial charge on any atom is -0.480 e. The monoisotopic (exact) mass is 318 g/mol. The molecular formula is C16H18N2O5. The number of fused-ring (bicyclic) bond motifs is 1. The van der Waals surface area contributed by atoms with Crippen molar-refractivity contribution < 1.29 is 24.2 Å². The van der Waals surface area contributed by atoms with Crippen LogP contribution in [0.4, 0.5) is 5.69 Å². The van der Waals surface area contributed by atoms with Gasteiger partial charge in [-0.15, -0.1) is 0 Å². The molecule has 122 valence electrons. The number of hydrogen-bond donors (Lipinski definition) is 1. The fourth-order valence-electron chi connectivity index (χ4n) is 3.81. The van der Waals surface area contributed by atoms with E-state index >= 15 is 0 Å². The SMILES string of the molecule is O=C(O)CN1CC[C@]2(CC(=O)N(c3ccc4c(c3)OCO4)C2)C1. The molecule has 7 nitrogen and oxygen atoms in total. The second-order valence-corrected chi connectivity index (χ2v) is 6.55. The first-order chi connectivity index (χ1) is 11.0. The number of benzene rings is 1. The van der Waals surface area contributed by atoms with E-state index in [-0.39, 0.29) is 24.7 Å². The number of aliphatic carboxylic acids is 1. The van der Waals surface area contributed by atoms with Gasteiger partial charge in [0.2, 0.25) is 12.7 Å². The summed E-state index contributed by atoms with van der Waals surface area (Å²) in [5.74, 6) is 0.624. The molecule has 3 aliphatic heterocycles. The molecular weight excluding hydrogens is 300 g/mol. The van der Waals surface area contributed by atoms with Gasteiger partial charge in [0.1, 0.15) is 0 Å². The number of amides is 1. The van der Waals surface area contributed by atoms with Gasteiger partial charge in [-0.05, 0) is 25.1 Å². The predicted octanol–water partition coefficient (Wildman–Crippen LogP) is 0.929. The van der Waals surface area contributed by atoms with Crippen LogP contribution in [0.1, 0.15) is 12.8 Å². The van der Waals surface area contributed by atoms with E-state index < -0.39 is 5.97 Å². The van der Waals surface area contributed by atoms with Crippen LogP contribution in [-0.4, -0.2) is 54.9 Å². The lowest BCUT2D eigenvalue weighted by atomic mass is 9.86. The van der Waals surface area contributed by atoms with Crippen molar-refractivity contribution in [1.82, 2.24) is 4.90 Å². The van der Waals surface area contributed by atoms with Crippen molar-refractivity contribution in [3.8, 4) is 11.5 Å². The Morgan fingerprint density at radius 1 is 1.26 bits per heavy atom. The molecule has 0 bridgehead atoms. The Kier molecular flexibility index (Phi) is 3.19. The average molecular weight is 318 g/mol. The fourth-order valence-corrected chi connectivity index (χ4v) is 3.81. The highest BCUT2D eigenvalue weighted by Crippen LogP contribution is 2.43. The van der Waals surface area contributed by atoms with Gasteiger partial charge in [-0.2, -0.15) is 0 Å². The maximum absolute atomic E-state index is 12.5. The van der Waals surface area contributed by atoms with E-state index in [0.717, 1.165) is 18.7 Å². The van der Waals surface area contributed by atoms with Crippen LogP contribution in [0.25, 0.3) is 0 Å². The summed E-state index contributed by atoms with van der Waals surface area (Å²) in [6.07, 6.45) is 1.32. The quantitative estimate of drug-likeness (QED) is 0.893. The van der Waals surface area contributed by atoms with E-state index in [1.54, 1.807) is 4.90 Å². The van der Waals surface area contributed by atoms with E-state index in [9.17, 15) is 9.59 Å².